The van der Waals surface area contributed by atoms with Crippen LogP contribution in [0.25, 0.3) is 22.2 Å². The number of nitrogens with zero attached hydrogens (tertiary/aromatic N) is 5. The Labute approximate surface area is 241 Å². The fraction of sp³-hybridized carbons (Fsp3) is 0.581. The number of benzene rings is 1. The number of amides is 2. The van der Waals surface area contributed by atoms with Crippen molar-refractivity contribution in [3.63, 3.8) is 0 Å². The van der Waals surface area contributed by atoms with Crippen molar-refractivity contribution in [1.29, 1.82) is 0 Å². The summed E-state index contributed by atoms with van der Waals surface area (Å²) in [5, 5.41) is 4.17. The quantitative estimate of drug-likeness (QED) is 0.465. The van der Waals surface area contributed by atoms with Crippen molar-refractivity contribution in [3.8, 4) is 16.9 Å². The first-order valence-corrected chi connectivity index (χ1v) is 15.2. The third-order valence-electron chi connectivity index (χ3n) is 9.75. The lowest BCUT2D eigenvalue weighted by atomic mass is 9.89. The van der Waals surface area contributed by atoms with Gasteiger partial charge in [-0.15, -0.1) is 0 Å². The van der Waals surface area contributed by atoms with Crippen LogP contribution in [0.3, 0.4) is 0 Å². The van der Waals surface area contributed by atoms with E-state index >= 15 is 0 Å². The Kier molecular flexibility index (Phi) is 6.98. The Balaban J connectivity index is 1.06. The molecule has 0 radical (unpaired) electrons. The number of carbonyl (C=O) groups is 1. The molecule has 1 aromatic carbocycles. The van der Waals surface area contributed by atoms with Gasteiger partial charge in [0.15, 0.2) is 0 Å². The zero-order valence-electron chi connectivity index (χ0n) is 23.9. The van der Waals surface area contributed by atoms with Gasteiger partial charge >= 0.3 is 6.03 Å². The van der Waals surface area contributed by atoms with Gasteiger partial charge in [0, 0.05) is 50.0 Å². The van der Waals surface area contributed by atoms with Crippen molar-refractivity contribution in [2.45, 2.75) is 75.2 Å². The molecular formula is C31H41N7O3. The lowest BCUT2D eigenvalue weighted by Gasteiger charge is -2.35. The van der Waals surface area contributed by atoms with Crippen molar-refractivity contribution in [1.82, 2.24) is 29.7 Å². The predicted molar refractivity (Wildman–Crippen MR) is 158 cm³/mol. The van der Waals surface area contributed by atoms with Crippen LogP contribution in [0.1, 0.15) is 57.4 Å². The minimum absolute atomic E-state index is 0.0738. The molecule has 4 fully saturated rings. The molecule has 3 aromatic rings. The molecule has 0 atom stereocenters. The molecule has 0 spiro atoms. The Bertz CT molecular complexity index is 1400. The fourth-order valence-corrected chi connectivity index (χ4v) is 7.23. The van der Waals surface area contributed by atoms with E-state index in [9.17, 15) is 4.79 Å². The molecule has 3 aliphatic heterocycles. The summed E-state index contributed by atoms with van der Waals surface area (Å²) in [6.07, 6.45) is 12.4. The van der Waals surface area contributed by atoms with E-state index in [0.29, 0.717) is 18.5 Å². The number of carbonyl (C=O) groups excluding carboxylic acids is 1. The SMILES string of the molecule is CN1CCN(C(=O)N[C@H]2CC[C@H](n3cc(-c4cccc(OCC56CCC(CC5)O6)c4)c4c(N)ncnc43)CC2)CC1. The molecule has 3 saturated heterocycles. The summed E-state index contributed by atoms with van der Waals surface area (Å²) in [6.45, 7) is 4.03. The van der Waals surface area contributed by atoms with Crippen molar-refractivity contribution in [2.24, 2.45) is 0 Å². The number of anilines is 1. The standard InChI is InChI=1S/C31H41N7O3/c1-36-13-15-37(16-14-36)30(39)35-22-5-7-23(8-6-22)38-18-26(27-28(32)33-20-34-29(27)38)21-3-2-4-25(17-21)40-19-31-11-9-24(41-31)10-12-31/h2-4,17-18,20,22-24H,5-16,19H2,1H3,(H,35,39)(H2,32,33,34)/t22-,23-,24?,31?. The van der Waals surface area contributed by atoms with Gasteiger partial charge in [0.1, 0.15) is 35.7 Å². The van der Waals surface area contributed by atoms with Crippen molar-refractivity contribution in [2.75, 3.05) is 45.6 Å². The first-order chi connectivity index (χ1) is 20.0. The molecule has 7 rings (SSSR count). The van der Waals surface area contributed by atoms with Crippen LogP contribution in [0, 0.1) is 0 Å². The molecule has 1 saturated carbocycles. The van der Waals surface area contributed by atoms with Gasteiger partial charge in [0.25, 0.3) is 0 Å². The van der Waals surface area contributed by atoms with E-state index in [-0.39, 0.29) is 23.7 Å². The van der Waals surface area contributed by atoms with Crippen LogP contribution in [-0.4, -0.2) is 87.9 Å². The van der Waals surface area contributed by atoms with Gasteiger partial charge in [-0.2, -0.15) is 0 Å². The number of fused-ring (bicyclic) bond motifs is 3. The fourth-order valence-electron chi connectivity index (χ4n) is 7.23. The monoisotopic (exact) mass is 559 g/mol. The highest BCUT2D eigenvalue weighted by molar-refractivity contribution is 6.00. The zero-order valence-corrected chi connectivity index (χ0v) is 23.9. The molecule has 218 valence electrons. The largest absolute Gasteiger partial charge is 0.491 e. The highest BCUT2D eigenvalue weighted by atomic mass is 16.6. The minimum Gasteiger partial charge on any atom is -0.491 e. The molecule has 2 amide bonds. The van der Waals surface area contributed by atoms with Gasteiger partial charge < -0.3 is 34.9 Å². The highest BCUT2D eigenvalue weighted by Gasteiger charge is 2.46. The van der Waals surface area contributed by atoms with E-state index in [4.69, 9.17) is 15.2 Å². The Morgan fingerprint density at radius 1 is 1.10 bits per heavy atom. The third kappa shape index (κ3) is 5.23. The average Bonchev–Trinajstić information content (AvgIpc) is 3.71. The summed E-state index contributed by atoms with van der Waals surface area (Å²) in [4.78, 5) is 26.0. The average molecular weight is 560 g/mol. The molecule has 41 heavy (non-hydrogen) atoms. The topological polar surface area (TPSA) is 111 Å². The molecule has 5 heterocycles. The first kappa shape index (κ1) is 26.5. The molecule has 2 aromatic heterocycles. The van der Waals surface area contributed by atoms with Crippen LogP contribution in [0.2, 0.25) is 0 Å². The number of aromatic nitrogens is 3. The molecule has 1 aliphatic carbocycles. The normalized spacial score (nSPS) is 28.3. The summed E-state index contributed by atoms with van der Waals surface area (Å²) in [5.41, 5.74) is 9.25. The van der Waals surface area contributed by atoms with Gasteiger partial charge in [-0.05, 0) is 76.1 Å². The molecular weight excluding hydrogens is 518 g/mol. The van der Waals surface area contributed by atoms with Crippen LogP contribution >= 0.6 is 0 Å². The maximum atomic E-state index is 12.8. The van der Waals surface area contributed by atoms with Gasteiger partial charge in [0.2, 0.25) is 0 Å². The number of nitrogens with two attached hydrogens (primary N) is 1. The van der Waals surface area contributed by atoms with Crippen LogP contribution in [0.4, 0.5) is 10.6 Å². The molecule has 10 nitrogen and oxygen atoms in total. The Hall–Kier alpha value is -3.37. The Morgan fingerprint density at radius 2 is 1.88 bits per heavy atom. The van der Waals surface area contributed by atoms with E-state index < -0.39 is 0 Å². The number of hydrogen-bond acceptors (Lipinski definition) is 7. The highest BCUT2D eigenvalue weighted by Crippen LogP contribution is 2.44. The number of nitrogen functional groups attached to an aromatic ring is 1. The number of urea groups is 1. The molecule has 10 heteroatoms. The maximum absolute atomic E-state index is 12.8. The molecule has 3 N–H and O–H groups in total. The number of rotatable bonds is 6. The van der Waals surface area contributed by atoms with E-state index in [1.165, 1.54) is 0 Å². The molecule has 2 bridgehead atoms. The predicted octanol–water partition coefficient (Wildman–Crippen LogP) is 4.21. The molecule has 4 aliphatic rings. The minimum atomic E-state index is -0.113. The second-order valence-electron chi connectivity index (χ2n) is 12.5. The van der Waals surface area contributed by atoms with Crippen molar-refractivity contribution in [3.05, 3.63) is 36.8 Å². The Morgan fingerprint density at radius 3 is 2.61 bits per heavy atom. The summed E-state index contributed by atoms with van der Waals surface area (Å²) in [5.74, 6) is 1.32. The van der Waals surface area contributed by atoms with Crippen LogP contribution in [0.5, 0.6) is 5.75 Å². The van der Waals surface area contributed by atoms with Crippen LogP contribution < -0.4 is 15.8 Å². The van der Waals surface area contributed by atoms with Gasteiger partial charge in [-0.3, -0.25) is 0 Å². The smallest absolute Gasteiger partial charge is 0.317 e. The number of piperazine rings is 1. The number of hydrogen-bond donors (Lipinski definition) is 2. The van der Waals surface area contributed by atoms with E-state index in [2.05, 4.69) is 50.1 Å². The second kappa shape index (κ2) is 10.8. The first-order valence-electron chi connectivity index (χ1n) is 15.2. The lowest BCUT2D eigenvalue weighted by molar-refractivity contribution is -0.0198. The number of ether oxygens (including phenoxy) is 2. The lowest BCUT2D eigenvalue weighted by Crippen LogP contribution is -2.53. The number of nitrogens with one attached hydrogen (secondary N) is 1. The summed E-state index contributed by atoms with van der Waals surface area (Å²) < 4.78 is 14.8. The molecule has 0 unspecified atom stereocenters. The van der Waals surface area contributed by atoms with E-state index in [1.54, 1.807) is 6.33 Å². The summed E-state index contributed by atoms with van der Waals surface area (Å²) in [6, 6.07) is 8.79. The van der Waals surface area contributed by atoms with Crippen LogP contribution in [0.15, 0.2) is 36.8 Å². The number of likely N-dealkylation sites (N-methyl/N-ethyl adjacent to an activating group) is 1. The van der Waals surface area contributed by atoms with E-state index in [0.717, 1.165) is 105 Å². The second-order valence-corrected chi connectivity index (χ2v) is 12.5. The van der Waals surface area contributed by atoms with Crippen molar-refractivity contribution >= 4 is 22.9 Å². The summed E-state index contributed by atoms with van der Waals surface area (Å²) in [7, 11) is 2.10. The van der Waals surface area contributed by atoms with Gasteiger partial charge in [-0.1, -0.05) is 12.1 Å². The maximum Gasteiger partial charge on any atom is 0.317 e. The van der Waals surface area contributed by atoms with E-state index in [1.807, 2.05) is 17.0 Å². The van der Waals surface area contributed by atoms with Gasteiger partial charge in [-0.25, -0.2) is 14.8 Å². The summed E-state index contributed by atoms with van der Waals surface area (Å²) >= 11 is 0. The van der Waals surface area contributed by atoms with Gasteiger partial charge in [0.05, 0.1) is 11.5 Å². The van der Waals surface area contributed by atoms with Crippen LogP contribution in [-0.2, 0) is 4.74 Å². The third-order valence-corrected chi connectivity index (χ3v) is 9.75. The zero-order chi connectivity index (χ0) is 28.0. The van der Waals surface area contributed by atoms with Crippen molar-refractivity contribution < 1.29 is 14.3 Å².